The van der Waals surface area contributed by atoms with Crippen molar-refractivity contribution in [2.75, 3.05) is 0 Å². The van der Waals surface area contributed by atoms with Gasteiger partial charge in [-0.25, -0.2) is 4.98 Å². The van der Waals surface area contributed by atoms with Crippen LogP contribution in [0.25, 0.3) is 11.0 Å². The largest absolute Gasteiger partial charge is 0.506 e. The van der Waals surface area contributed by atoms with Gasteiger partial charge in [0.2, 0.25) is 0 Å². The fourth-order valence-electron chi connectivity index (χ4n) is 1.61. The molecule has 1 aromatic heterocycles. The number of aryl methyl sites for hydroxylation is 1. The van der Waals surface area contributed by atoms with Crippen molar-refractivity contribution in [3.8, 4) is 5.75 Å². The molecule has 15 heavy (non-hydrogen) atoms. The van der Waals surface area contributed by atoms with Gasteiger partial charge in [0.05, 0.1) is 5.52 Å². The lowest BCUT2D eigenvalue weighted by atomic mass is 10.3. The number of carboxylic acid groups (broad SMARTS) is 1. The Morgan fingerprint density at radius 2 is 2.27 bits per heavy atom. The molecule has 2 N–H and O–H groups in total. The Morgan fingerprint density at radius 3 is 2.93 bits per heavy atom. The van der Waals surface area contributed by atoms with E-state index >= 15 is 0 Å². The molecule has 0 atom stereocenters. The maximum absolute atomic E-state index is 10.6. The zero-order valence-electron chi connectivity index (χ0n) is 8.14. The molecule has 1 aromatic carbocycles. The molecule has 0 aliphatic heterocycles. The first-order valence-corrected chi connectivity index (χ1v) is 4.46. The number of rotatable bonds is 2. The highest BCUT2D eigenvalue weighted by molar-refractivity contribution is 5.83. The number of imidazole rings is 1. The third-order valence-electron chi connectivity index (χ3n) is 2.23. The number of phenolic OH excluding ortho intramolecular Hbond substituents is 1. The molecular weight excluding hydrogens is 196 g/mol. The molecule has 0 amide bonds. The van der Waals surface area contributed by atoms with Crippen molar-refractivity contribution in [2.45, 2.75) is 13.5 Å². The summed E-state index contributed by atoms with van der Waals surface area (Å²) in [4.78, 5) is 14.8. The van der Waals surface area contributed by atoms with E-state index in [1.165, 1.54) is 10.6 Å². The van der Waals surface area contributed by atoms with Gasteiger partial charge in [0.25, 0.3) is 0 Å². The van der Waals surface area contributed by atoms with Crippen LogP contribution in [0.5, 0.6) is 5.75 Å². The van der Waals surface area contributed by atoms with Gasteiger partial charge in [-0.1, -0.05) is 6.07 Å². The first-order chi connectivity index (χ1) is 7.09. The molecular formula is C10H10N2O3. The van der Waals surface area contributed by atoms with Crippen LogP contribution in [0.2, 0.25) is 0 Å². The van der Waals surface area contributed by atoms with Crippen molar-refractivity contribution >= 4 is 17.0 Å². The number of aliphatic carboxylic acids is 1. The Hall–Kier alpha value is -2.04. The van der Waals surface area contributed by atoms with Gasteiger partial charge in [-0.05, 0) is 19.1 Å². The van der Waals surface area contributed by atoms with Gasteiger partial charge in [0.15, 0.2) is 0 Å². The van der Waals surface area contributed by atoms with Crippen LogP contribution in [0.15, 0.2) is 18.2 Å². The zero-order chi connectivity index (χ0) is 11.0. The fraction of sp³-hybridized carbons (Fsp3) is 0.200. The number of phenols is 1. The molecule has 0 aliphatic rings. The highest BCUT2D eigenvalue weighted by Crippen LogP contribution is 2.24. The van der Waals surface area contributed by atoms with E-state index in [0.29, 0.717) is 16.9 Å². The number of carboxylic acids is 1. The van der Waals surface area contributed by atoms with Gasteiger partial charge in [-0.15, -0.1) is 0 Å². The summed E-state index contributed by atoms with van der Waals surface area (Å²) in [5, 5.41) is 18.4. The lowest BCUT2D eigenvalue weighted by molar-refractivity contribution is -0.137. The molecule has 0 radical (unpaired) electrons. The SMILES string of the molecule is Cc1nc2cccc(O)c2n1CC(=O)O. The Balaban J connectivity index is 2.71. The molecule has 2 rings (SSSR count). The van der Waals surface area contributed by atoms with Crippen molar-refractivity contribution in [1.29, 1.82) is 0 Å². The topological polar surface area (TPSA) is 75.4 Å². The van der Waals surface area contributed by atoms with Gasteiger partial charge in [0, 0.05) is 0 Å². The lowest BCUT2D eigenvalue weighted by Gasteiger charge is -2.03. The van der Waals surface area contributed by atoms with E-state index in [9.17, 15) is 9.90 Å². The Kier molecular flexibility index (Phi) is 2.07. The summed E-state index contributed by atoms with van der Waals surface area (Å²) in [6.07, 6.45) is 0. The van der Waals surface area contributed by atoms with Crippen LogP contribution in [0, 0.1) is 6.92 Å². The number of hydrogen-bond acceptors (Lipinski definition) is 3. The summed E-state index contributed by atoms with van der Waals surface area (Å²) in [6, 6.07) is 4.93. The number of hydrogen-bond donors (Lipinski definition) is 2. The van der Waals surface area contributed by atoms with E-state index in [0.717, 1.165) is 0 Å². The predicted molar refractivity (Wildman–Crippen MR) is 53.8 cm³/mol. The van der Waals surface area contributed by atoms with E-state index in [1.54, 1.807) is 19.1 Å². The minimum atomic E-state index is -0.958. The number of aromatic hydroxyl groups is 1. The molecule has 0 saturated heterocycles. The molecule has 0 saturated carbocycles. The second kappa shape index (κ2) is 3.27. The fourth-order valence-corrected chi connectivity index (χ4v) is 1.61. The number of nitrogens with zero attached hydrogens (tertiary/aromatic N) is 2. The molecule has 78 valence electrons. The first-order valence-electron chi connectivity index (χ1n) is 4.46. The van der Waals surface area contributed by atoms with Crippen LogP contribution < -0.4 is 0 Å². The smallest absolute Gasteiger partial charge is 0.323 e. The van der Waals surface area contributed by atoms with Crippen LogP contribution in [0.4, 0.5) is 0 Å². The molecule has 0 bridgehead atoms. The average Bonchev–Trinajstić information content (AvgIpc) is 2.43. The van der Waals surface area contributed by atoms with Crippen LogP contribution in [0.3, 0.4) is 0 Å². The summed E-state index contributed by atoms with van der Waals surface area (Å²) in [6.45, 7) is 1.52. The molecule has 5 nitrogen and oxygen atoms in total. The first kappa shape index (κ1) is 9.51. The van der Waals surface area contributed by atoms with E-state index in [1.807, 2.05) is 0 Å². The summed E-state index contributed by atoms with van der Waals surface area (Å²) < 4.78 is 1.48. The second-order valence-corrected chi connectivity index (χ2v) is 3.28. The van der Waals surface area contributed by atoms with Crippen molar-refractivity contribution in [1.82, 2.24) is 9.55 Å². The third kappa shape index (κ3) is 1.52. The van der Waals surface area contributed by atoms with Crippen molar-refractivity contribution in [3.63, 3.8) is 0 Å². The van der Waals surface area contributed by atoms with Crippen molar-refractivity contribution in [2.24, 2.45) is 0 Å². The highest BCUT2D eigenvalue weighted by Gasteiger charge is 2.12. The van der Waals surface area contributed by atoms with Crippen LogP contribution in [0.1, 0.15) is 5.82 Å². The zero-order valence-corrected chi connectivity index (χ0v) is 8.14. The van der Waals surface area contributed by atoms with Crippen LogP contribution in [-0.4, -0.2) is 25.7 Å². The van der Waals surface area contributed by atoms with Crippen LogP contribution in [-0.2, 0) is 11.3 Å². The van der Waals surface area contributed by atoms with Gasteiger partial charge in [-0.2, -0.15) is 0 Å². The van der Waals surface area contributed by atoms with Crippen molar-refractivity contribution in [3.05, 3.63) is 24.0 Å². The van der Waals surface area contributed by atoms with Crippen molar-refractivity contribution < 1.29 is 15.0 Å². The van der Waals surface area contributed by atoms with E-state index in [2.05, 4.69) is 4.98 Å². The summed E-state index contributed by atoms with van der Waals surface area (Å²) in [7, 11) is 0. The molecule has 5 heteroatoms. The van der Waals surface area contributed by atoms with Gasteiger partial charge in [0.1, 0.15) is 23.6 Å². The minimum absolute atomic E-state index is 0.0503. The third-order valence-corrected chi connectivity index (χ3v) is 2.23. The average molecular weight is 206 g/mol. The molecule has 1 heterocycles. The normalized spacial score (nSPS) is 10.7. The molecule has 0 aliphatic carbocycles. The molecule has 0 spiro atoms. The monoisotopic (exact) mass is 206 g/mol. The molecule has 0 unspecified atom stereocenters. The van der Waals surface area contributed by atoms with Crippen LogP contribution >= 0.6 is 0 Å². The number of aromatic nitrogens is 2. The molecule has 0 fully saturated rings. The second-order valence-electron chi connectivity index (χ2n) is 3.28. The standard InChI is InChI=1S/C10H10N2O3/c1-6-11-7-3-2-4-8(13)10(7)12(6)5-9(14)15/h2-4,13H,5H2,1H3,(H,14,15). The van der Waals surface area contributed by atoms with E-state index in [-0.39, 0.29) is 12.3 Å². The van der Waals surface area contributed by atoms with E-state index < -0.39 is 5.97 Å². The summed E-state index contributed by atoms with van der Waals surface area (Å²) in [5.74, 6) is -0.330. The Labute approximate surface area is 85.6 Å². The maximum Gasteiger partial charge on any atom is 0.323 e. The number of para-hydroxylation sites is 1. The maximum atomic E-state index is 10.6. The van der Waals surface area contributed by atoms with Gasteiger partial charge < -0.3 is 14.8 Å². The Morgan fingerprint density at radius 1 is 1.53 bits per heavy atom. The number of benzene rings is 1. The highest BCUT2D eigenvalue weighted by atomic mass is 16.4. The predicted octanol–water partition coefficient (Wildman–Crippen LogP) is 1.13. The van der Waals surface area contributed by atoms with Gasteiger partial charge in [-0.3, -0.25) is 4.79 Å². The quantitative estimate of drug-likeness (QED) is 0.772. The lowest BCUT2D eigenvalue weighted by Crippen LogP contribution is -2.10. The number of carbonyl (C=O) groups is 1. The minimum Gasteiger partial charge on any atom is -0.506 e. The van der Waals surface area contributed by atoms with E-state index in [4.69, 9.17) is 5.11 Å². The van der Waals surface area contributed by atoms with Gasteiger partial charge >= 0.3 is 5.97 Å². The molecule has 2 aromatic rings. The number of fused-ring (bicyclic) bond motifs is 1. The summed E-state index contributed by atoms with van der Waals surface area (Å²) >= 11 is 0. The Bertz CT molecular complexity index is 531. The summed E-state index contributed by atoms with van der Waals surface area (Å²) in [5.41, 5.74) is 1.08.